The average molecular weight is 425 g/mol. The van der Waals surface area contributed by atoms with Crippen molar-refractivity contribution < 1.29 is 18.0 Å². The lowest BCUT2D eigenvalue weighted by atomic mass is 10.2. The number of halogens is 3. The fraction of sp³-hybridized carbons (Fsp3) is 0.208. The zero-order valence-corrected chi connectivity index (χ0v) is 16.7. The Bertz CT molecular complexity index is 1010. The molecule has 3 aromatic carbocycles. The molecule has 31 heavy (non-hydrogen) atoms. The van der Waals surface area contributed by atoms with Gasteiger partial charge in [-0.3, -0.25) is 4.90 Å². The van der Waals surface area contributed by atoms with Crippen LogP contribution in [0.5, 0.6) is 0 Å². The molecule has 0 saturated carbocycles. The number of urea groups is 1. The molecule has 7 heteroatoms. The maximum absolute atomic E-state index is 13.2. The summed E-state index contributed by atoms with van der Waals surface area (Å²) in [6.45, 7) is 1.42. The minimum Gasteiger partial charge on any atom is -0.383 e. The summed E-state index contributed by atoms with van der Waals surface area (Å²) >= 11 is 0. The van der Waals surface area contributed by atoms with Gasteiger partial charge in [-0.1, -0.05) is 48.5 Å². The van der Waals surface area contributed by atoms with Crippen LogP contribution in [0.2, 0.25) is 0 Å². The number of amides is 2. The van der Waals surface area contributed by atoms with Gasteiger partial charge in [0.1, 0.15) is 0 Å². The SMILES string of the molecule is O=C1N(Cc2ccccc2)CC(CNc2ccc(C(F)(F)F)cc2)N1c1ccccc1. The largest absolute Gasteiger partial charge is 0.416 e. The molecule has 0 aliphatic carbocycles. The first-order chi connectivity index (χ1) is 14.9. The predicted molar refractivity (Wildman–Crippen MR) is 115 cm³/mol. The van der Waals surface area contributed by atoms with Crippen molar-refractivity contribution in [3.05, 3.63) is 96.1 Å². The van der Waals surface area contributed by atoms with Crippen LogP contribution in [0, 0.1) is 0 Å². The highest BCUT2D eigenvalue weighted by molar-refractivity contribution is 5.95. The van der Waals surface area contributed by atoms with Crippen molar-refractivity contribution in [3.8, 4) is 0 Å². The van der Waals surface area contributed by atoms with Crippen LogP contribution in [0.25, 0.3) is 0 Å². The molecule has 0 spiro atoms. The van der Waals surface area contributed by atoms with Crippen LogP contribution in [-0.4, -0.2) is 30.1 Å². The normalized spacial score (nSPS) is 16.6. The first-order valence-corrected chi connectivity index (χ1v) is 10.00. The van der Waals surface area contributed by atoms with Crippen molar-refractivity contribution in [1.82, 2.24) is 4.90 Å². The molecule has 1 unspecified atom stereocenters. The van der Waals surface area contributed by atoms with E-state index in [0.29, 0.717) is 25.3 Å². The Labute approximate surface area is 178 Å². The first kappa shape index (κ1) is 20.8. The average Bonchev–Trinajstić information content (AvgIpc) is 3.08. The minimum absolute atomic E-state index is 0.0886. The number of rotatable bonds is 6. The van der Waals surface area contributed by atoms with E-state index < -0.39 is 11.7 Å². The van der Waals surface area contributed by atoms with Crippen LogP contribution in [0.3, 0.4) is 0 Å². The number of nitrogens with zero attached hydrogens (tertiary/aromatic N) is 2. The van der Waals surface area contributed by atoms with E-state index in [4.69, 9.17) is 0 Å². The van der Waals surface area contributed by atoms with E-state index in [1.807, 2.05) is 60.7 Å². The summed E-state index contributed by atoms with van der Waals surface area (Å²) in [4.78, 5) is 16.7. The maximum Gasteiger partial charge on any atom is 0.416 e. The topological polar surface area (TPSA) is 35.6 Å². The minimum atomic E-state index is -4.36. The smallest absolute Gasteiger partial charge is 0.383 e. The highest BCUT2D eigenvalue weighted by atomic mass is 19.4. The lowest BCUT2D eigenvalue weighted by Gasteiger charge is -2.24. The summed E-state index contributed by atoms with van der Waals surface area (Å²) in [7, 11) is 0. The maximum atomic E-state index is 13.2. The van der Waals surface area contributed by atoms with Crippen molar-refractivity contribution in [2.45, 2.75) is 18.8 Å². The third kappa shape index (κ3) is 4.82. The van der Waals surface area contributed by atoms with Gasteiger partial charge in [0.25, 0.3) is 0 Å². The second-order valence-corrected chi connectivity index (χ2v) is 7.46. The quantitative estimate of drug-likeness (QED) is 0.556. The molecular weight excluding hydrogens is 403 g/mol. The molecule has 1 saturated heterocycles. The van der Waals surface area contributed by atoms with E-state index in [2.05, 4.69) is 5.32 Å². The Morgan fingerprint density at radius 3 is 2.10 bits per heavy atom. The van der Waals surface area contributed by atoms with E-state index in [1.54, 1.807) is 9.80 Å². The first-order valence-electron chi connectivity index (χ1n) is 10.00. The monoisotopic (exact) mass is 425 g/mol. The van der Waals surface area contributed by atoms with E-state index in [0.717, 1.165) is 23.4 Å². The number of alkyl halides is 3. The van der Waals surface area contributed by atoms with Crippen LogP contribution < -0.4 is 10.2 Å². The van der Waals surface area contributed by atoms with Crippen molar-refractivity contribution in [3.63, 3.8) is 0 Å². The van der Waals surface area contributed by atoms with Crippen molar-refractivity contribution in [1.29, 1.82) is 0 Å². The Balaban J connectivity index is 1.50. The molecular formula is C24H22F3N3O. The Kier molecular flexibility index (Phi) is 5.84. The van der Waals surface area contributed by atoms with Crippen molar-refractivity contribution in [2.75, 3.05) is 23.3 Å². The molecule has 1 N–H and O–H groups in total. The van der Waals surface area contributed by atoms with Crippen LogP contribution in [-0.2, 0) is 12.7 Å². The summed E-state index contributed by atoms with van der Waals surface area (Å²) in [5, 5.41) is 3.18. The lowest BCUT2D eigenvalue weighted by Crippen LogP contribution is -2.38. The molecule has 1 aliphatic heterocycles. The number of carbonyl (C=O) groups is 1. The number of hydrogen-bond donors (Lipinski definition) is 1. The van der Waals surface area contributed by atoms with E-state index in [1.165, 1.54) is 12.1 Å². The molecule has 1 heterocycles. The third-order valence-electron chi connectivity index (χ3n) is 5.28. The molecule has 1 fully saturated rings. The van der Waals surface area contributed by atoms with Gasteiger partial charge in [0.05, 0.1) is 11.6 Å². The van der Waals surface area contributed by atoms with Crippen molar-refractivity contribution in [2.24, 2.45) is 0 Å². The molecule has 4 nitrogen and oxygen atoms in total. The van der Waals surface area contributed by atoms with Gasteiger partial charge in [-0.05, 0) is 42.0 Å². The molecule has 0 radical (unpaired) electrons. The molecule has 0 bridgehead atoms. The van der Waals surface area contributed by atoms with Gasteiger partial charge in [0.2, 0.25) is 0 Å². The van der Waals surface area contributed by atoms with Crippen LogP contribution >= 0.6 is 0 Å². The second-order valence-electron chi connectivity index (χ2n) is 7.46. The third-order valence-corrected chi connectivity index (χ3v) is 5.28. The lowest BCUT2D eigenvalue weighted by molar-refractivity contribution is -0.137. The number of nitrogens with one attached hydrogen (secondary N) is 1. The standard InChI is InChI=1S/C24H22F3N3O/c25-24(26,27)19-11-13-20(14-12-19)28-15-22-17-29(16-18-7-3-1-4-8-18)23(31)30(22)21-9-5-2-6-10-21/h1-14,22,28H,15-17H2. The van der Waals surface area contributed by atoms with Gasteiger partial charge in [0, 0.05) is 31.0 Å². The van der Waals surface area contributed by atoms with Gasteiger partial charge < -0.3 is 10.2 Å². The number of benzene rings is 3. The molecule has 1 atom stereocenters. The summed E-state index contributed by atoms with van der Waals surface area (Å²) in [5.74, 6) is 0. The zero-order valence-electron chi connectivity index (χ0n) is 16.7. The fourth-order valence-electron chi connectivity index (χ4n) is 3.74. The van der Waals surface area contributed by atoms with Crippen LogP contribution in [0.1, 0.15) is 11.1 Å². The fourth-order valence-corrected chi connectivity index (χ4v) is 3.74. The summed E-state index contributed by atoms with van der Waals surface area (Å²) in [6.07, 6.45) is -4.36. The van der Waals surface area contributed by atoms with Crippen LogP contribution in [0.15, 0.2) is 84.9 Å². The Morgan fingerprint density at radius 2 is 1.48 bits per heavy atom. The number of carbonyl (C=O) groups excluding carboxylic acids is 1. The van der Waals surface area contributed by atoms with Gasteiger partial charge in [-0.2, -0.15) is 13.2 Å². The number of anilines is 2. The van der Waals surface area contributed by atoms with Gasteiger partial charge in [-0.25, -0.2) is 4.79 Å². The predicted octanol–water partition coefficient (Wildman–Crippen LogP) is 5.63. The molecule has 0 aromatic heterocycles. The highest BCUT2D eigenvalue weighted by Gasteiger charge is 2.38. The molecule has 160 valence electrons. The molecule has 2 amide bonds. The highest BCUT2D eigenvalue weighted by Crippen LogP contribution is 2.30. The molecule has 3 aromatic rings. The van der Waals surface area contributed by atoms with Gasteiger partial charge >= 0.3 is 12.2 Å². The van der Waals surface area contributed by atoms with E-state index in [9.17, 15) is 18.0 Å². The summed E-state index contributed by atoms with van der Waals surface area (Å²) in [5.41, 5.74) is 1.73. The van der Waals surface area contributed by atoms with Crippen LogP contribution in [0.4, 0.5) is 29.3 Å². The number of hydrogen-bond acceptors (Lipinski definition) is 2. The second kappa shape index (κ2) is 8.71. The number of para-hydroxylation sites is 1. The summed E-state index contributed by atoms with van der Waals surface area (Å²) in [6, 6.07) is 23.9. The van der Waals surface area contributed by atoms with Gasteiger partial charge in [-0.15, -0.1) is 0 Å². The van der Waals surface area contributed by atoms with Crippen molar-refractivity contribution >= 4 is 17.4 Å². The summed E-state index contributed by atoms with van der Waals surface area (Å²) < 4.78 is 38.4. The Morgan fingerprint density at radius 1 is 0.871 bits per heavy atom. The zero-order chi connectivity index (χ0) is 21.8. The molecule has 1 aliphatic rings. The molecule has 4 rings (SSSR count). The van der Waals surface area contributed by atoms with E-state index >= 15 is 0 Å². The van der Waals surface area contributed by atoms with E-state index in [-0.39, 0.29) is 12.1 Å². The van der Waals surface area contributed by atoms with Gasteiger partial charge in [0.15, 0.2) is 0 Å². The Hall–Kier alpha value is -3.48.